The van der Waals surface area contributed by atoms with E-state index in [1.54, 1.807) is 24.3 Å². The maximum absolute atomic E-state index is 11.9. The summed E-state index contributed by atoms with van der Waals surface area (Å²) in [5.74, 6) is 0.414. The first-order valence-corrected chi connectivity index (χ1v) is 6.54. The quantitative estimate of drug-likeness (QED) is 0.905. The van der Waals surface area contributed by atoms with Gasteiger partial charge in [-0.05, 0) is 36.8 Å². The van der Waals surface area contributed by atoms with E-state index in [4.69, 9.17) is 9.15 Å². The predicted molar refractivity (Wildman–Crippen MR) is 75.2 cm³/mol. The molecule has 0 bridgehead atoms. The highest BCUT2D eigenvalue weighted by molar-refractivity contribution is 5.95. The summed E-state index contributed by atoms with van der Waals surface area (Å²) in [6.45, 7) is 1.88. The van der Waals surface area contributed by atoms with E-state index < -0.39 is 0 Å². The van der Waals surface area contributed by atoms with E-state index in [9.17, 15) is 9.59 Å². The minimum Gasteiger partial charge on any atom is -0.482 e. The van der Waals surface area contributed by atoms with Crippen molar-refractivity contribution in [2.45, 2.75) is 13.0 Å². The van der Waals surface area contributed by atoms with Crippen LogP contribution >= 0.6 is 0 Å². The zero-order valence-corrected chi connectivity index (χ0v) is 11.4. The van der Waals surface area contributed by atoms with Gasteiger partial charge in [0.15, 0.2) is 12.4 Å². The first-order chi connectivity index (χ1) is 10.1. The standard InChI is InChI=1S/C15H14N2O4/c1-9(16-15(19)13-3-2-6-20-13)10-4-5-12-11(7-10)17-14(18)8-21-12/h2-7,9H,8H2,1H3,(H,16,19)(H,17,18). The van der Waals surface area contributed by atoms with E-state index in [0.29, 0.717) is 11.4 Å². The van der Waals surface area contributed by atoms with Crippen LogP contribution in [-0.4, -0.2) is 18.4 Å². The van der Waals surface area contributed by atoms with Crippen LogP contribution < -0.4 is 15.4 Å². The van der Waals surface area contributed by atoms with Crippen molar-refractivity contribution in [1.82, 2.24) is 5.32 Å². The van der Waals surface area contributed by atoms with Crippen LogP contribution in [0.5, 0.6) is 5.75 Å². The zero-order chi connectivity index (χ0) is 14.8. The van der Waals surface area contributed by atoms with E-state index in [2.05, 4.69) is 10.6 Å². The second kappa shape index (κ2) is 5.32. The van der Waals surface area contributed by atoms with Crippen molar-refractivity contribution in [3.05, 3.63) is 47.9 Å². The molecule has 1 unspecified atom stereocenters. The molecule has 1 aromatic carbocycles. The summed E-state index contributed by atoms with van der Waals surface area (Å²) in [4.78, 5) is 23.3. The summed E-state index contributed by atoms with van der Waals surface area (Å²) >= 11 is 0. The first kappa shape index (κ1) is 13.2. The summed E-state index contributed by atoms with van der Waals surface area (Å²) < 4.78 is 10.3. The highest BCUT2D eigenvalue weighted by Crippen LogP contribution is 2.30. The Bertz CT molecular complexity index is 679. The van der Waals surface area contributed by atoms with E-state index in [-0.39, 0.29) is 30.2 Å². The van der Waals surface area contributed by atoms with Crippen LogP contribution in [0.2, 0.25) is 0 Å². The summed E-state index contributed by atoms with van der Waals surface area (Å²) in [7, 11) is 0. The van der Waals surface area contributed by atoms with E-state index in [0.717, 1.165) is 5.56 Å². The molecule has 3 rings (SSSR count). The fraction of sp³-hybridized carbons (Fsp3) is 0.200. The molecule has 2 aromatic rings. The second-order valence-electron chi connectivity index (χ2n) is 4.76. The number of fused-ring (bicyclic) bond motifs is 1. The fourth-order valence-corrected chi connectivity index (χ4v) is 2.13. The molecule has 2 amide bonds. The minimum absolute atomic E-state index is 0.0249. The van der Waals surface area contributed by atoms with Crippen molar-refractivity contribution < 1.29 is 18.7 Å². The lowest BCUT2D eigenvalue weighted by Crippen LogP contribution is -2.27. The molecule has 1 aliphatic rings. The third-order valence-corrected chi connectivity index (χ3v) is 3.23. The Kier molecular flexibility index (Phi) is 3.35. The molecule has 1 aromatic heterocycles. The summed E-state index contributed by atoms with van der Waals surface area (Å²) in [6, 6.07) is 8.45. The maximum atomic E-state index is 11.9. The lowest BCUT2D eigenvalue weighted by molar-refractivity contribution is -0.118. The van der Waals surface area contributed by atoms with Crippen molar-refractivity contribution >= 4 is 17.5 Å². The van der Waals surface area contributed by atoms with E-state index in [1.807, 2.05) is 13.0 Å². The largest absolute Gasteiger partial charge is 0.482 e. The molecule has 0 saturated carbocycles. The third-order valence-electron chi connectivity index (χ3n) is 3.23. The number of rotatable bonds is 3. The molecular formula is C15H14N2O4. The van der Waals surface area contributed by atoms with Gasteiger partial charge in [-0.15, -0.1) is 0 Å². The van der Waals surface area contributed by atoms with Crippen molar-refractivity contribution in [2.24, 2.45) is 0 Å². The van der Waals surface area contributed by atoms with Gasteiger partial charge in [-0.3, -0.25) is 9.59 Å². The molecule has 21 heavy (non-hydrogen) atoms. The van der Waals surface area contributed by atoms with Gasteiger partial charge in [0.2, 0.25) is 0 Å². The van der Waals surface area contributed by atoms with Gasteiger partial charge in [0.25, 0.3) is 11.8 Å². The molecule has 0 fully saturated rings. The monoisotopic (exact) mass is 286 g/mol. The molecule has 108 valence electrons. The Labute approximate surface area is 121 Å². The van der Waals surface area contributed by atoms with Gasteiger partial charge in [0.05, 0.1) is 18.0 Å². The number of nitrogens with one attached hydrogen (secondary N) is 2. The average molecular weight is 286 g/mol. The molecule has 6 heteroatoms. The van der Waals surface area contributed by atoms with Crippen LogP contribution in [0.25, 0.3) is 0 Å². The number of furan rings is 1. The molecule has 0 saturated heterocycles. The highest BCUT2D eigenvalue weighted by Gasteiger charge is 2.19. The molecule has 6 nitrogen and oxygen atoms in total. The SMILES string of the molecule is CC(NC(=O)c1ccco1)c1ccc2c(c1)NC(=O)CO2. The molecule has 2 heterocycles. The number of carbonyl (C=O) groups excluding carboxylic acids is 2. The van der Waals surface area contributed by atoms with Crippen LogP contribution in [-0.2, 0) is 4.79 Å². The van der Waals surface area contributed by atoms with Crippen LogP contribution in [0.3, 0.4) is 0 Å². The molecule has 0 aliphatic carbocycles. The van der Waals surface area contributed by atoms with Gasteiger partial charge in [0, 0.05) is 0 Å². The lowest BCUT2D eigenvalue weighted by Gasteiger charge is -2.20. The van der Waals surface area contributed by atoms with Crippen LogP contribution in [0.4, 0.5) is 5.69 Å². The maximum Gasteiger partial charge on any atom is 0.287 e. The highest BCUT2D eigenvalue weighted by atomic mass is 16.5. The van der Waals surface area contributed by atoms with Crippen molar-refractivity contribution in [3.63, 3.8) is 0 Å². The average Bonchev–Trinajstić information content (AvgIpc) is 3.00. The summed E-state index contributed by atoms with van der Waals surface area (Å²) in [5.41, 5.74) is 1.47. The molecule has 0 radical (unpaired) electrons. The Hall–Kier alpha value is -2.76. The number of amides is 2. The van der Waals surface area contributed by atoms with Crippen LogP contribution in [0, 0.1) is 0 Å². The number of ether oxygens (including phenoxy) is 1. The normalized spacial score (nSPS) is 14.6. The van der Waals surface area contributed by atoms with Crippen LogP contribution in [0.1, 0.15) is 29.1 Å². The summed E-state index contributed by atoms with van der Waals surface area (Å²) in [5, 5.41) is 5.57. The number of benzene rings is 1. The van der Waals surface area contributed by atoms with Crippen molar-refractivity contribution in [3.8, 4) is 5.75 Å². The van der Waals surface area contributed by atoms with Gasteiger partial charge in [0.1, 0.15) is 5.75 Å². The van der Waals surface area contributed by atoms with Gasteiger partial charge in [-0.2, -0.15) is 0 Å². The Balaban J connectivity index is 1.76. The third kappa shape index (κ3) is 2.74. The first-order valence-electron chi connectivity index (χ1n) is 6.54. The lowest BCUT2D eigenvalue weighted by atomic mass is 10.1. The second-order valence-corrected chi connectivity index (χ2v) is 4.76. The number of carbonyl (C=O) groups is 2. The fourth-order valence-electron chi connectivity index (χ4n) is 2.13. The molecule has 0 spiro atoms. The van der Waals surface area contributed by atoms with Crippen molar-refractivity contribution in [1.29, 1.82) is 0 Å². The van der Waals surface area contributed by atoms with E-state index in [1.165, 1.54) is 6.26 Å². The molecule has 2 N–H and O–H groups in total. The van der Waals surface area contributed by atoms with Crippen LogP contribution in [0.15, 0.2) is 41.0 Å². The number of hydrogen-bond acceptors (Lipinski definition) is 4. The van der Waals surface area contributed by atoms with Gasteiger partial charge in [-0.25, -0.2) is 0 Å². The molecule has 1 atom stereocenters. The topological polar surface area (TPSA) is 80.6 Å². The minimum atomic E-state index is -0.287. The van der Waals surface area contributed by atoms with Gasteiger partial charge in [-0.1, -0.05) is 6.07 Å². The Morgan fingerprint density at radius 2 is 2.24 bits per heavy atom. The number of hydrogen-bond donors (Lipinski definition) is 2. The zero-order valence-electron chi connectivity index (χ0n) is 11.4. The van der Waals surface area contributed by atoms with Crippen molar-refractivity contribution in [2.75, 3.05) is 11.9 Å². The Morgan fingerprint density at radius 3 is 3.00 bits per heavy atom. The smallest absolute Gasteiger partial charge is 0.287 e. The molecular weight excluding hydrogens is 272 g/mol. The van der Waals surface area contributed by atoms with Gasteiger partial charge >= 0.3 is 0 Å². The Morgan fingerprint density at radius 1 is 1.38 bits per heavy atom. The van der Waals surface area contributed by atoms with Gasteiger partial charge < -0.3 is 19.8 Å². The van der Waals surface area contributed by atoms with E-state index >= 15 is 0 Å². The number of anilines is 1. The molecule has 1 aliphatic heterocycles. The predicted octanol–water partition coefficient (Wildman–Crippen LogP) is 2.10. The summed E-state index contributed by atoms with van der Waals surface area (Å²) in [6.07, 6.45) is 1.45.